The first-order valence-corrected chi connectivity index (χ1v) is 12.2. The molecule has 0 atom stereocenters. The van der Waals surface area contributed by atoms with E-state index in [1.54, 1.807) is 24.5 Å². The Morgan fingerprint density at radius 2 is 1.97 bits per heavy atom. The van der Waals surface area contributed by atoms with E-state index in [9.17, 15) is 13.7 Å². The molecule has 0 saturated heterocycles. The minimum Gasteiger partial charge on any atom is -0.489 e. The van der Waals surface area contributed by atoms with Crippen molar-refractivity contribution in [1.82, 2.24) is 9.55 Å². The van der Waals surface area contributed by atoms with Crippen molar-refractivity contribution >= 4 is 26.6 Å². The molecule has 2 heterocycles. The number of nitrogens with one attached hydrogen (secondary N) is 1. The second kappa shape index (κ2) is 8.26. The van der Waals surface area contributed by atoms with Crippen molar-refractivity contribution < 1.29 is 13.2 Å². The van der Waals surface area contributed by atoms with Crippen molar-refractivity contribution in [3.63, 3.8) is 0 Å². The number of nitriles is 1. The van der Waals surface area contributed by atoms with Gasteiger partial charge in [0.25, 0.3) is 0 Å². The average Bonchev–Trinajstić information content (AvgIpc) is 3.65. The Morgan fingerprint density at radius 3 is 2.64 bits per heavy atom. The number of aryl methyl sites for hydroxylation is 1. The van der Waals surface area contributed by atoms with Crippen LogP contribution in [0, 0.1) is 11.3 Å². The van der Waals surface area contributed by atoms with Crippen molar-refractivity contribution in [2.45, 2.75) is 24.7 Å². The zero-order valence-electron chi connectivity index (χ0n) is 18.0. The van der Waals surface area contributed by atoms with Gasteiger partial charge in [0.2, 0.25) is 10.0 Å². The largest absolute Gasteiger partial charge is 0.489 e. The van der Waals surface area contributed by atoms with Crippen molar-refractivity contribution in [1.29, 1.82) is 5.26 Å². The summed E-state index contributed by atoms with van der Waals surface area (Å²) in [6.45, 7) is 0.403. The van der Waals surface area contributed by atoms with Gasteiger partial charge in [0.1, 0.15) is 18.4 Å². The summed E-state index contributed by atoms with van der Waals surface area (Å²) >= 11 is 0. The summed E-state index contributed by atoms with van der Waals surface area (Å²) in [7, 11) is -1.41. The van der Waals surface area contributed by atoms with Gasteiger partial charge in [0.15, 0.2) is 0 Å². The topological polar surface area (TPSA) is 97.0 Å². The zero-order valence-corrected chi connectivity index (χ0v) is 18.8. The molecule has 33 heavy (non-hydrogen) atoms. The Bertz CT molecular complexity index is 1470. The number of hydrogen-bond donors (Lipinski definition) is 1. The molecule has 7 nitrogen and oxygen atoms in total. The number of aromatic nitrogens is 2. The Hall–Kier alpha value is -3.83. The third-order valence-electron chi connectivity index (χ3n) is 5.79. The normalized spacial score (nSPS) is 13.6. The van der Waals surface area contributed by atoms with Crippen LogP contribution >= 0.6 is 0 Å². The predicted octanol–water partition coefficient (Wildman–Crippen LogP) is 4.60. The molecule has 5 rings (SSSR count). The second-order valence-electron chi connectivity index (χ2n) is 8.15. The highest BCUT2D eigenvalue weighted by atomic mass is 32.2. The summed E-state index contributed by atoms with van der Waals surface area (Å²) in [5.74, 6) is 0.702. The quantitative estimate of drug-likeness (QED) is 0.437. The van der Waals surface area contributed by atoms with Gasteiger partial charge in [-0.25, -0.2) is 8.42 Å². The molecule has 1 fully saturated rings. The fraction of sp³-hybridized carbons (Fsp3) is 0.200. The van der Waals surface area contributed by atoms with Gasteiger partial charge >= 0.3 is 0 Å². The van der Waals surface area contributed by atoms with Crippen molar-refractivity contribution in [2.75, 3.05) is 4.72 Å². The zero-order chi connectivity index (χ0) is 23.0. The van der Waals surface area contributed by atoms with E-state index in [0.29, 0.717) is 36.4 Å². The average molecular weight is 459 g/mol. The molecule has 0 radical (unpaired) electrons. The van der Waals surface area contributed by atoms with Crippen LogP contribution in [0.15, 0.2) is 67.0 Å². The third kappa shape index (κ3) is 4.15. The molecule has 1 aliphatic rings. The van der Waals surface area contributed by atoms with Crippen LogP contribution in [-0.4, -0.2) is 23.2 Å². The van der Waals surface area contributed by atoms with Crippen molar-refractivity contribution in [3.8, 4) is 23.1 Å². The van der Waals surface area contributed by atoms with Crippen LogP contribution in [0.5, 0.6) is 5.75 Å². The molecule has 1 N–H and O–H groups in total. The fourth-order valence-electron chi connectivity index (χ4n) is 3.93. The number of rotatable bonds is 7. The molecular weight excluding hydrogens is 436 g/mol. The monoisotopic (exact) mass is 458 g/mol. The van der Waals surface area contributed by atoms with E-state index in [1.165, 1.54) is 0 Å². The van der Waals surface area contributed by atoms with Crippen LogP contribution in [0.3, 0.4) is 0 Å². The fourth-order valence-corrected chi connectivity index (χ4v) is 5.32. The number of hydrogen-bond acceptors (Lipinski definition) is 5. The molecule has 4 aromatic rings. The smallest absolute Gasteiger partial charge is 0.235 e. The van der Waals surface area contributed by atoms with Crippen LogP contribution in [-0.2, 0) is 23.7 Å². The minimum absolute atomic E-state index is 0.282. The van der Waals surface area contributed by atoms with Gasteiger partial charge in [-0.3, -0.25) is 9.71 Å². The Morgan fingerprint density at radius 1 is 1.18 bits per heavy atom. The van der Waals surface area contributed by atoms with E-state index < -0.39 is 10.0 Å². The lowest BCUT2D eigenvalue weighted by molar-refractivity contribution is 0.306. The number of anilines is 1. The first-order chi connectivity index (χ1) is 16.0. The van der Waals surface area contributed by atoms with E-state index in [1.807, 2.05) is 54.1 Å². The lowest BCUT2D eigenvalue weighted by atomic mass is 10.1. The van der Waals surface area contributed by atoms with Crippen molar-refractivity contribution in [2.24, 2.45) is 7.05 Å². The summed E-state index contributed by atoms with van der Waals surface area (Å²) in [6.07, 6.45) is 4.91. The molecule has 2 aromatic heterocycles. The lowest BCUT2D eigenvalue weighted by Crippen LogP contribution is -2.17. The Balaban J connectivity index is 1.45. The summed E-state index contributed by atoms with van der Waals surface area (Å²) in [4.78, 5) is 4.10. The Kier molecular flexibility index (Phi) is 5.27. The highest BCUT2D eigenvalue weighted by Gasteiger charge is 2.35. The number of ether oxygens (including phenoxy) is 1. The number of sulfonamides is 1. The molecule has 2 aromatic carbocycles. The van der Waals surface area contributed by atoms with E-state index in [-0.39, 0.29) is 5.25 Å². The van der Waals surface area contributed by atoms with Crippen LogP contribution in [0.4, 0.5) is 5.69 Å². The van der Waals surface area contributed by atoms with Gasteiger partial charge in [-0.2, -0.15) is 5.26 Å². The maximum atomic E-state index is 12.2. The minimum atomic E-state index is -3.31. The highest BCUT2D eigenvalue weighted by Crippen LogP contribution is 2.35. The summed E-state index contributed by atoms with van der Waals surface area (Å²) in [6, 6.07) is 19.0. The van der Waals surface area contributed by atoms with E-state index in [4.69, 9.17) is 4.74 Å². The summed E-state index contributed by atoms with van der Waals surface area (Å²) in [5, 5.41) is 10.4. The number of pyridine rings is 1. The van der Waals surface area contributed by atoms with Gasteiger partial charge in [-0.15, -0.1) is 0 Å². The van der Waals surface area contributed by atoms with Gasteiger partial charge in [0, 0.05) is 42.1 Å². The van der Waals surface area contributed by atoms with E-state index in [0.717, 1.165) is 27.7 Å². The third-order valence-corrected chi connectivity index (χ3v) is 7.66. The molecule has 166 valence electrons. The van der Waals surface area contributed by atoms with Gasteiger partial charge < -0.3 is 9.30 Å². The molecule has 0 aliphatic heterocycles. The maximum absolute atomic E-state index is 12.2. The van der Waals surface area contributed by atoms with Gasteiger partial charge in [-0.1, -0.05) is 18.2 Å². The van der Waals surface area contributed by atoms with E-state index >= 15 is 0 Å². The molecule has 0 amide bonds. The highest BCUT2D eigenvalue weighted by molar-refractivity contribution is 7.93. The molecule has 8 heteroatoms. The molecule has 1 aliphatic carbocycles. The van der Waals surface area contributed by atoms with Crippen molar-refractivity contribution in [3.05, 3.63) is 78.1 Å². The number of nitrogens with zero attached hydrogens (tertiary/aromatic N) is 3. The molecule has 0 spiro atoms. The number of fused-ring (bicyclic) bond motifs is 1. The molecular formula is C25H22N4O3S. The Labute approximate surface area is 192 Å². The lowest BCUT2D eigenvalue weighted by Gasteiger charge is -2.09. The standard InChI is InChI=1S/C25H22N4O3S/c1-29-24-13-20(32-16-17-3-2-12-27-15-17)8-11-22(24)23(14-26)25(29)18-4-6-19(7-5-18)28-33(30,31)21-9-10-21/h2-8,11-13,15,21,28H,9-10,16H2,1H3. The van der Waals surface area contributed by atoms with Crippen LogP contribution in [0.2, 0.25) is 0 Å². The van der Waals surface area contributed by atoms with Gasteiger partial charge in [-0.05, 0) is 48.7 Å². The van der Waals surface area contributed by atoms with E-state index in [2.05, 4.69) is 15.8 Å². The molecule has 0 bridgehead atoms. The summed E-state index contributed by atoms with van der Waals surface area (Å²) < 4.78 is 34.9. The number of benzene rings is 2. The molecule has 1 saturated carbocycles. The predicted molar refractivity (Wildman–Crippen MR) is 127 cm³/mol. The first-order valence-electron chi connectivity index (χ1n) is 10.6. The van der Waals surface area contributed by atoms with Crippen LogP contribution in [0.25, 0.3) is 22.2 Å². The first kappa shape index (κ1) is 21.0. The SMILES string of the molecule is Cn1c(-c2ccc(NS(=O)(=O)C3CC3)cc2)c(C#N)c2ccc(OCc3cccnc3)cc21. The van der Waals surface area contributed by atoms with Gasteiger partial charge in [0.05, 0.1) is 22.0 Å². The second-order valence-corrected chi connectivity index (χ2v) is 10.1. The molecule has 0 unspecified atom stereocenters. The van der Waals surface area contributed by atoms with Crippen LogP contribution in [0.1, 0.15) is 24.0 Å². The van der Waals surface area contributed by atoms with Crippen LogP contribution < -0.4 is 9.46 Å². The summed E-state index contributed by atoms with van der Waals surface area (Å²) in [5.41, 5.74) is 4.54. The maximum Gasteiger partial charge on any atom is 0.235 e.